The number of epoxide rings is 1. The Kier molecular flexibility index (Phi) is 4.17. The summed E-state index contributed by atoms with van der Waals surface area (Å²) in [5.41, 5.74) is -8.24. The first-order chi connectivity index (χ1) is 10.5. The van der Waals surface area contributed by atoms with Gasteiger partial charge >= 0.3 is 47.8 Å². The Morgan fingerprint density at radius 1 is 0.520 bits per heavy atom. The van der Waals surface area contributed by atoms with E-state index in [4.69, 9.17) is 0 Å². The molecule has 1 fully saturated rings. The maximum Gasteiger partial charge on any atom is 0.455 e. The van der Waals surface area contributed by atoms with Crippen molar-refractivity contribution in [2.24, 2.45) is 0 Å². The number of ether oxygens (including phenoxy) is 1. The lowest BCUT2D eigenvalue weighted by molar-refractivity contribution is -0.437. The van der Waals surface area contributed by atoms with E-state index in [0.29, 0.717) is 0 Å². The molecule has 0 aliphatic carbocycles. The van der Waals surface area contributed by atoms with E-state index >= 15 is 0 Å². The lowest BCUT2D eigenvalue weighted by Gasteiger charge is -2.39. The van der Waals surface area contributed by atoms with Crippen LogP contribution in [0.2, 0.25) is 0 Å². The van der Waals surface area contributed by atoms with Crippen molar-refractivity contribution in [2.45, 2.75) is 47.8 Å². The van der Waals surface area contributed by atoms with Crippen molar-refractivity contribution in [1.82, 2.24) is 0 Å². The van der Waals surface area contributed by atoms with Crippen molar-refractivity contribution in [3.63, 3.8) is 0 Å². The summed E-state index contributed by atoms with van der Waals surface area (Å²) in [7, 11) is 0. The molecule has 0 spiro atoms. The molecule has 1 rings (SSSR count). The minimum absolute atomic E-state index is 2.04. The molecule has 17 heteroatoms. The Morgan fingerprint density at radius 2 is 0.840 bits per heavy atom. The standard InChI is InChI=1S/C8F16O/c9-1(6(16,17)18,7(19,20)21)2(10,11)3(12,13)4(14)5(15,25-4)8(22,23)24. The second kappa shape index (κ2) is 4.76. The highest BCUT2D eigenvalue weighted by Crippen LogP contribution is 2.71. The van der Waals surface area contributed by atoms with Gasteiger partial charge in [-0.1, -0.05) is 0 Å². The first-order valence-corrected chi connectivity index (χ1v) is 5.18. The maximum absolute atomic E-state index is 13.2. The van der Waals surface area contributed by atoms with Crippen molar-refractivity contribution in [2.75, 3.05) is 0 Å². The van der Waals surface area contributed by atoms with Crippen LogP contribution in [-0.4, -0.2) is 47.8 Å². The third-order valence-corrected chi connectivity index (χ3v) is 3.03. The molecule has 0 bridgehead atoms. The zero-order valence-electron chi connectivity index (χ0n) is 10.5. The highest BCUT2D eigenvalue weighted by atomic mass is 19.4. The summed E-state index contributed by atoms with van der Waals surface area (Å²) in [5, 5.41) is 0. The molecule has 0 saturated carbocycles. The maximum atomic E-state index is 13.2. The highest BCUT2D eigenvalue weighted by Gasteiger charge is 3.04. The van der Waals surface area contributed by atoms with Crippen LogP contribution in [0, 0.1) is 0 Å². The van der Waals surface area contributed by atoms with E-state index in [0.717, 1.165) is 0 Å². The molecular weight excluding hydrogens is 416 g/mol. The molecule has 0 aromatic heterocycles. The van der Waals surface area contributed by atoms with E-state index in [1.54, 1.807) is 0 Å². The molecule has 0 radical (unpaired) electrons. The quantitative estimate of drug-likeness (QED) is 0.466. The van der Waals surface area contributed by atoms with Crippen molar-refractivity contribution >= 4 is 0 Å². The molecule has 1 aliphatic heterocycles. The van der Waals surface area contributed by atoms with Crippen molar-refractivity contribution < 1.29 is 75.0 Å². The Morgan fingerprint density at radius 3 is 1.04 bits per heavy atom. The second-order valence-electron chi connectivity index (χ2n) is 4.59. The van der Waals surface area contributed by atoms with Gasteiger partial charge in [0, 0.05) is 0 Å². The SMILES string of the molecule is FC(F)(F)C1(F)OC1(F)C(F)(F)C(F)(F)C(F)(C(F)(F)F)C(F)(F)F. The van der Waals surface area contributed by atoms with Crippen LogP contribution in [0.1, 0.15) is 0 Å². The first-order valence-electron chi connectivity index (χ1n) is 5.18. The lowest BCUT2D eigenvalue weighted by Crippen LogP contribution is -2.73. The smallest absolute Gasteiger partial charge is 0.286 e. The summed E-state index contributed by atoms with van der Waals surface area (Å²) in [5.74, 6) is -29.4. The number of hydrogen-bond donors (Lipinski definition) is 0. The van der Waals surface area contributed by atoms with Crippen LogP contribution in [0.3, 0.4) is 0 Å². The predicted octanol–water partition coefficient (Wildman–Crippen LogP) is 5.01. The number of hydrogen-bond acceptors (Lipinski definition) is 1. The average Bonchev–Trinajstić information content (AvgIpc) is 2.90. The minimum Gasteiger partial charge on any atom is -0.286 e. The van der Waals surface area contributed by atoms with Gasteiger partial charge in [-0.15, -0.1) is 0 Å². The van der Waals surface area contributed by atoms with Gasteiger partial charge in [0.1, 0.15) is 0 Å². The zero-order chi connectivity index (χ0) is 20.7. The fourth-order valence-electron chi connectivity index (χ4n) is 1.61. The van der Waals surface area contributed by atoms with Gasteiger partial charge < -0.3 is 0 Å². The van der Waals surface area contributed by atoms with Crippen LogP contribution < -0.4 is 0 Å². The molecule has 2 atom stereocenters. The molecule has 2 unspecified atom stereocenters. The molecule has 0 aromatic rings. The van der Waals surface area contributed by atoms with E-state index in [9.17, 15) is 70.2 Å². The van der Waals surface area contributed by atoms with Gasteiger partial charge in [0.25, 0.3) is 0 Å². The Balaban J connectivity index is 3.61. The molecular formula is C8F16O. The third-order valence-electron chi connectivity index (χ3n) is 3.03. The normalized spacial score (nSPS) is 29.8. The van der Waals surface area contributed by atoms with Gasteiger partial charge in [-0.2, -0.15) is 65.9 Å². The molecule has 1 aliphatic rings. The molecule has 1 saturated heterocycles. The summed E-state index contributed by atoms with van der Waals surface area (Å²) in [4.78, 5) is 0. The van der Waals surface area contributed by atoms with Crippen LogP contribution in [-0.2, 0) is 4.74 Å². The fraction of sp³-hybridized carbons (Fsp3) is 1.00. The number of alkyl halides is 16. The van der Waals surface area contributed by atoms with Crippen molar-refractivity contribution in [3.05, 3.63) is 0 Å². The van der Waals surface area contributed by atoms with E-state index in [2.05, 4.69) is 0 Å². The van der Waals surface area contributed by atoms with Gasteiger partial charge in [-0.05, 0) is 0 Å². The minimum atomic E-state index is -8.30. The monoisotopic (exact) mass is 416 g/mol. The van der Waals surface area contributed by atoms with Crippen LogP contribution in [0.15, 0.2) is 0 Å². The van der Waals surface area contributed by atoms with Gasteiger partial charge in [0.05, 0.1) is 0 Å². The first kappa shape index (κ1) is 21.9. The Hall–Kier alpha value is -1.16. The lowest BCUT2D eigenvalue weighted by atomic mass is 9.87. The summed E-state index contributed by atoms with van der Waals surface area (Å²) < 4.78 is 202. The Labute approximate surface area is 124 Å². The fourth-order valence-corrected chi connectivity index (χ4v) is 1.61. The summed E-state index contributed by atoms with van der Waals surface area (Å²) in [6.07, 6.45) is -22.8. The van der Waals surface area contributed by atoms with E-state index in [1.807, 2.05) is 4.74 Å². The molecule has 0 aromatic carbocycles. The molecule has 25 heavy (non-hydrogen) atoms. The third kappa shape index (κ3) is 2.29. The largest absolute Gasteiger partial charge is 0.455 e. The summed E-state index contributed by atoms with van der Waals surface area (Å²) >= 11 is 0. The predicted molar refractivity (Wildman–Crippen MR) is 40.7 cm³/mol. The van der Waals surface area contributed by atoms with Gasteiger partial charge in [-0.25, -0.2) is 4.39 Å². The van der Waals surface area contributed by atoms with Gasteiger partial charge in [0.15, 0.2) is 0 Å². The zero-order valence-corrected chi connectivity index (χ0v) is 10.5. The van der Waals surface area contributed by atoms with Crippen molar-refractivity contribution in [3.8, 4) is 0 Å². The highest BCUT2D eigenvalue weighted by molar-refractivity contribution is 5.23. The molecule has 1 nitrogen and oxygen atoms in total. The molecule has 1 heterocycles. The van der Waals surface area contributed by atoms with Gasteiger partial charge in [-0.3, -0.25) is 4.74 Å². The van der Waals surface area contributed by atoms with Crippen LogP contribution in [0.25, 0.3) is 0 Å². The summed E-state index contributed by atoms with van der Waals surface area (Å²) in [6.45, 7) is 0. The van der Waals surface area contributed by atoms with E-state index in [-0.39, 0.29) is 0 Å². The summed E-state index contributed by atoms with van der Waals surface area (Å²) in [6, 6.07) is 0. The van der Waals surface area contributed by atoms with Crippen LogP contribution >= 0.6 is 0 Å². The molecule has 0 amide bonds. The van der Waals surface area contributed by atoms with E-state index < -0.39 is 47.8 Å². The van der Waals surface area contributed by atoms with E-state index in [1.165, 1.54) is 0 Å². The molecule has 0 N–H and O–H groups in total. The topological polar surface area (TPSA) is 12.5 Å². The van der Waals surface area contributed by atoms with Crippen LogP contribution in [0.4, 0.5) is 70.2 Å². The second-order valence-corrected chi connectivity index (χ2v) is 4.59. The number of halogens is 16. The number of rotatable bonds is 3. The molecule has 150 valence electrons. The Bertz CT molecular complexity index is 526. The van der Waals surface area contributed by atoms with Gasteiger partial charge in [0.2, 0.25) is 0 Å². The van der Waals surface area contributed by atoms with Crippen LogP contribution in [0.5, 0.6) is 0 Å². The van der Waals surface area contributed by atoms with Crippen molar-refractivity contribution in [1.29, 1.82) is 0 Å². The average molecular weight is 416 g/mol.